The van der Waals surface area contributed by atoms with E-state index in [2.05, 4.69) is 24.9 Å². The van der Waals surface area contributed by atoms with Gasteiger partial charge in [0.05, 0.1) is 28.5 Å². The second-order valence-corrected chi connectivity index (χ2v) is 14.3. The van der Waals surface area contributed by atoms with Crippen LogP contribution in [0.25, 0.3) is 32.7 Å². The molecule has 5 rings (SSSR count). The second-order valence-electron chi connectivity index (χ2n) is 10.2. The molecule has 3 aromatic rings. The van der Waals surface area contributed by atoms with Gasteiger partial charge in [0.15, 0.2) is 0 Å². The van der Waals surface area contributed by atoms with Crippen molar-refractivity contribution in [2.75, 3.05) is 13.1 Å². The summed E-state index contributed by atoms with van der Waals surface area (Å²) in [7, 11) is -5.95. The number of benzene rings is 1. The summed E-state index contributed by atoms with van der Waals surface area (Å²) in [4.78, 5) is 3.34. The number of hydrogen-bond acceptors (Lipinski definition) is 7. The summed E-state index contributed by atoms with van der Waals surface area (Å²) in [5.41, 5.74) is 0.581. The Bertz CT molecular complexity index is 1770. The minimum absolute atomic E-state index is 0.102. The molecule has 0 saturated heterocycles. The maximum atomic E-state index is 13.5. The van der Waals surface area contributed by atoms with Crippen LogP contribution in [0.3, 0.4) is 0 Å². The Labute approximate surface area is 230 Å². The molecule has 1 fully saturated rings. The SMILES string of the molecule is [C-]#[N+]C1(NS(=O)(=O)c2cc(C3=CCN(S(=O)(=O)C(C)C)CC3)c3c(c2)c(-c2ccc(C(F)F)nn2)nn3C)CC1. The predicted molar refractivity (Wildman–Crippen MR) is 144 cm³/mol. The van der Waals surface area contributed by atoms with Crippen LogP contribution in [0.2, 0.25) is 0 Å². The van der Waals surface area contributed by atoms with Crippen LogP contribution in [-0.2, 0) is 27.1 Å². The van der Waals surface area contributed by atoms with Crippen LogP contribution in [0.15, 0.2) is 35.2 Å². The van der Waals surface area contributed by atoms with Gasteiger partial charge >= 0.3 is 0 Å². The van der Waals surface area contributed by atoms with E-state index in [9.17, 15) is 25.6 Å². The van der Waals surface area contributed by atoms with Crippen LogP contribution in [0.1, 0.15) is 50.8 Å². The maximum absolute atomic E-state index is 13.5. The molecule has 0 unspecified atom stereocenters. The molecule has 11 nitrogen and oxygen atoms in total. The molecule has 1 saturated carbocycles. The average Bonchev–Trinajstić information content (AvgIpc) is 3.61. The molecule has 3 heterocycles. The van der Waals surface area contributed by atoms with Gasteiger partial charge in [-0.1, -0.05) is 6.08 Å². The number of aryl methyl sites for hydroxylation is 1. The van der Waals surface area contributed by atoms with E-state index < -0.39 is 43.1 Å². The van der Waals surface area contributed by atoms with Crippen molar-refractivity contribution in [1.29, 1.82) is 0 Å². The van der Waals surface area contributed by atoms with Gasteiger partial charge < -0.3 is 0 Å². The number of hydrogen-bond donors (Lipinski definition) is 1. The molecular weight excluding hydrogens is 564 g/mol. The highest BCUT2D eigenvalue weighted by Crippen LogP contribution is 2.40. The average molecular weight is 592 g/mol. The van der Waals surface area contributed by atoms with E-state index in [0.29, 0.717) is 35.7 Å². The minimum atomic E-state index is -4.14. The molecule has 40 heavy (non-hydrogen) atoms. The van der Waals surface area contributed by atoms with Crippen LogP contribution >= 0.6 is 0 Å². The van der Waals surface area contributed by atoms with E-state index in [1.807, 2.05) is 0 Å². The van der Waals surface area contributed by atoms with Crippen LogP contribution in [0, 0.1) is 6.57 Å². The summed E-state index contributed by atoms with van der Waals surface area (Å²) in [6, 6.07) is 5.41. The summed E-state index contributed by atoms with van der Waals surface area (Å²) in [6.07, 6.45) is 0.0904. The van der Waals surface area contributed by atoms with Crippen molar-refractivity contribution in [2.24, 2.45) is 7.05 Å². The van der Waals surface area contributed by atoms with Gasteiger partial charge in [-0.05, 0) is 50.1 Å². The van der Waals surface area contributed by atoms with Crippen LogP contribution < -0.4 is 4.72 Å². The van der Waals surface area contributed by atoms with Crippen molar-refractivity contribution >= 4 is 36.5 Å². The molecule has 212 valence electrons. The summed E-state index contributed by atoms with van der Waals surface area (Å²) in [5.74, 6) is 0. The third kappa shape index (κ3) is 5.00. The molecule has 1 aromatic carbocycles. The van der Waals surface area contributed by atoms with Crippen molar-refractivity contribution in [3.8, 4) is 11.4 Å². The molecule has 0 spiro atoms. The number of alkyl halides is 2. The number of rotatable bonds is 8. The van der Waals surface area contributed by atoms with Gasteiger partial charge in [0.1, 0.15) is 17.1 Å². The second kappa shape index (κ2) is 9.95. The first-order chi connectivity index (χ1) is 18.8. The third-order valence-electron chi connectivity index (χ3n) is 7.11. The van der Waals surface area contributed by atoms with Crippen molar-refractivity contribution in [3.63, 3.8) is 0 Å². The van der Waals surface area contributed by atoms with Crippen LogP contribution in [0.5, 0.6) is 0 Å². The molecule has 0 bridgehead atoms. The molecular formula is C25H27F2N7O4S2. The number of halogens is 2. The Morgan fingerprint density at radius 2 is 1.85 bits per heavy atom. The first-order valence-electron chi connectivity index (χ1n) is 12.5. The third-order valence-corrected chi connectivity index (χ3v) is 10.9. The standard InChI is InChI=1S/C25H27F2N7O4S2/c1-15(2)40(37,38)34-11-7-16(8-12-34)18-13-17(39(35,36)32-25(28-3)9-10-25)14-19-22(31-33(4)23(18)19)20-5-6-21(24(26)27)30-29-20/h5-7,13-15,24,32H,8-12H2,1-2,4H3. The van der Waals surface area contributed by atoms with Crippen molar-refractivity contribution in [2.45, 2.75) is 55.3 Å². The monoisotopic (exact) mass is 591 g/mol. The summed E-state index contributed by atoms with van der Waals surface area (Å²) < 4.78 is 83.8. The van der Waals surface area contributed by atoms with Gasteiger partial charge in [0.25, 0.3) is 12.1 Å². The number of fused-ring (bicyclic) bond motifs is 1. The summed E-state index contributed by atoms with van der Waals surface area (Å²) >= 11 is 0. The smallest absolute Gasteiger partial charge is 0.292 e. The van der Waals surface area contributed by atoms with E-state index in [0.717, 1.165) is 11.6 Å². The molecule has 15 heteroatoms. The van der Waals surface area contributed by atoms with Crippen molar-refractivity contribution < 1.29 is 25.6 Å². The number of sulfonamides is 2. The number of nitrogens with one attached hydrogen (secondary N) is 1. The van der Waals surface area contributed by atoms with Gasteiger partial charge in [0, 0.05) is 31.1 Å². The van der Waals surface area contributed by atoms with Gasteiger partial charge in [-0.2, -0.15) is 9.40 Å². The van der Waals surface area contributed by atoms with E-state index >= 15 is 0 Å². The number of nitrogens with zero attached hydrogens (tertiary/aromatic N) is 6. The summed E-state index contributed by atoms with van der Waals surface area (Å²) in [5, 5.41) is 11.8. The van der Waals surface area contributed by atoms with Gasteiger partial charge in [-0.25, -0.2) is 32.2 Å². The largest absolute Gasteiger partial charge is 0.299 e. The molecule has 0 amide bonds. The van der Waals surface area contributed by atoms with Crippen molar-refractivity contribution in [1.82, 2.24) is 29.0 Å². The highest BCUT2D eigenvalue weighted by atomic mass is 32.2. The Kier molecular flexibility index (Phi) is 7.02. The lowest BCUT2D eigenvalue weighted by molar-refractivity contribution is 0.145. The van der Waals surface area contributed by atoms with E-state index in [1.165, 1.54) is 22.5 Å². The van der Waals surface area contributed by atoms with E-state index in [1.54, 1.807) is 31.7 Å². The lowest BCUT2D eigenvalue weighted by atomic mass is 9.97. The maximum Gasteiger partial charge on any atom is 0.299 e. The zero-order valence-corrected chi connectivity index (χ0v) is 23.6. The zero-order chi connectivity index (χ0) is 29.0. The molecule has 0 radical (unpaired) electrons. The quantitative estimate of drug-likeness (QED) is 0.397. The lowest BCUT2D eigenvalue weighted by Gasteiger charge is -2.28. The highest BCUT2D eigenvalue weighted by Gasteiger charge is 2.54. The molecule has 1 aliphatic carbocycles. The Hall–Kier alpha value is -3.32. The Balaban J connectivity index is 1.67. The van der Waals surface area contributed by atoms with Crippen molar-refractivity contribution in [3.05, 3.63) is 53.0 Å². The molecule has 2 aliphatic rings. The fourth-order valence-corrected chi connectivity index (χ4v) is 7.29. The van der Waals surface area contributed by atoms with Gasteiger partial charge in [-0.15, -0.1) is 14.9 Å². The van der Waals surface area contributed by atoms with E-state index in [-0.39, 0.29) is 29.4 Å². The van der Waals surface area contributed by atoms with Crippen LogP contribution in [-0.4, -0.2) is 65.1 Å². The molecule has 2 aromatic heterocycles. The van der Waals surface area contributed by atoms with E-state index in [4.69, 9.17) is 6.57 Å². The highest BCUT2D eigenvalue weighted by molar-refractivity contribution is 7.89. The topological polar surface area (TPSA) is 132 Å². The van der Waals surface area contributed by atoms with Crippen LogP contribution in [0.4, 0.5) is 8.78 Å². The minimum Gasteiger partial charge on any atom is -0.292 e. The first kappa shape index (κ1) is 28.2. The lowest BCUT2D eigenvalue weighted by Crippen LogP contribution is -2.39. The molecule has 0 atom stereocenters. The van der Waals surface area contributed by atoms with Gasteiger partial charge in [-0.3, -0.25) is 9.53 Å². The fourth-order valence-electron chi connectivity index (χ4n) is 4.65. The van der Waals surface area contributed by atoms with Gasteiger partial charge in [0.2, 0.25) is 20.0 Å². The number of aromatic nitrogens is 4. The summed E-state index contributed by atoms with van der Waals surface area (Å²) in [6.45, 7) is 11.0. The predicted octanol–water partition coefficient (Wildman–Crippen LogP) is 3.48. The Morgan fingerprint density at radius 3 is 2.38 bits per heavy atom. The Morgan fingerprint density at radius 1 is 1.12 bits per heavy atom. The zero-order valence-electron chi connectivity index (χ0n) is 22.0. The molecule has 1 N–H and O–H groups in total. The molecule has 1 aliphatic heterocycles. The normalized spacial score (nSPS) is 17.8. The first-order valence-corrected chi connectivity index (χ1v) is 15.5. The fraction of sp³-hybridized carbons (Fsp3) is 0.440.